The number of nitrogens with one attached hydrogen (secondary N) is 3. The lowest BCUT2D eigenvalue weighted by Gasteiger charge is -2.31. The molecular formula is C12H14N4O2S. The Balaban J connectivity index is 1.80. The van der Waals surface area contributed by atoms with Gasteiger partial charge in [-0.2, -0.15) is 0 Å². The number of fused-ring (bicyclic) bond motifs is 1. The Morgan fingerprint density at radius 3 is 2.68 bits per heavy atom. The summed E-state index contributed by atoms with van der Waals surface area (Å²) in [5.74, 6) is 0.742. The van der Waals surface area contributed by atoms with E-state index in [2.05, 4.69) is 16.3 Å². The number of benzene rings is 1. The predicted molar refractivity (Wildman–Crippen MR) is 73.0 cm³/mol. The number of ether oxygens (including phenoxy) is 1. The Labute approximate surface area is 116 Å². The first-order valence-corrected chi connectivity index (χ1v) is 6.39. The Morgan fingerprint density at radius 1 is 1.32 bits per heavy atom. The number of thiocarbonyl (C=S) groups is 1. The molecule has 0 radical (unpaired) electrons. The van der Waals surface area contributed by atoms with E-state index in [1.807, 2.05) is 24.3 Å². The zero-order chi connectivity index (χ0) is 13.4. The van der Waals surface area contributed by atoms with Crippen molar-refractivity contribution >= 4 is 23.2 Å². The molecule has 6 nitrogen and oxygen atoms in total. The highest BCUT2D eigenvalue weighted by molar-refractivity contribution is 7.80. The van der Waals surface area contributed by atoms with Gasteiger partial charge in [0.1, 0.15) is 11.8 Å². The zero-order valence-electron chi connectivity index (χ0n) is 10.3. The normalized spacial score (nSPS) is 25.6. The minimum Gasteiger partial charge on any atom is -0.497 e. The van der Waals surface area contributed by atoms with Crippen molar-refractivity contribution < 1.29 is 9.53 Å². The minimum absolute atomic E-state index is 0.0690. The van der Waals surface area contributed by atoms with E-state index in [1.54, 1.807) is 12.1 Å². The van der Waals surface area contributed by atoms with Gasteiger partial charge in [-0.25, -0.2) is 5.43 Å². The van der Waals surface area contributed by atoms with Gasteiger partial charge in [0.05, 0.1) is 13.2 Å². The molecule has 1 aromatic rings. The van der Waals surface area contributed by atoms with E-state index in [-0.39, 0.29) is 18.0 Å². The van der Waals surface area contributed by atoms with Gasteiger partial charge in [-0.05, 0) is 36.3 Å². The molecule has 2 aliphatic rings. The van der Waals surface area contributed by atoms with Crippen LogP contribution in [-0.2, 0) is 4.79 Å². The summed E-state index contributed by atoms with van der Waals surface area (Å²) in [6.07, 6.45) is 0.681. The third kappa shape index (κ3) is 2.11. The average Bonchev–Trinajstić information content (AvgIpc) is 2.89. The molecule has 0 aromatic heterocycles. The van der Waals surface area contributed by atoms with Gasteiger partial charge in [0.15, 0.2) is 0 Å². The Bertz CT molecular complexity index is 495. The molecule has 2 fully saturated rings. The van der Waals surface area contributed by atoms with Crippen LogP contribution < -0.4 is 21.0 Å². The molecule has 3 rings (SSSR count). The molecule has 2 heterocycles. The maximum absolute atomic E-state index is 11.8. The largest absolute Gasteiger partial charge is 0.497 e. The summed E-state index contributed by atoms with van der Waals surface area (Å²) in [4.78, 5) is 11.8. The molecule has 19 heavy (non-hydrogen) atoms. The number of carbonyl (C=O) groups is 1. The van der Waals surface area contributed by atoms with Gasteiger partial charge < -0.3 is 4.74 Å². The highest BCUT2D eigenvalue weighted by Crippen LogP contribution is 2.29. The van der Waals surface area contributed by atoms with Crippen molar-refractivity contribution in [1.29, 1.82) is 0 Å². The van der Waals surface area contributed by atoms with Gasteiger partial charge in [-0.3, -0.25) is 20.7 Å². The van der Waals surface area contributed by atoms with Crippen LogP contribution in [0.25, 0.3) is 0 Å². The second kappa shape index (κ2) is 4.67. The van der Waals surface area contributed by atoms with E-state index in [0.717, 1.165) is 11.3 Å². The molecule has 100 valence electrons. The molecule has 2 aliphatic heterocycles. The monoisotopic (exact) mass is 278 g/mol. The van der Waals surface area contributed by atoms with Crippen molar-refractivity contribution in [2.75, 3.05) is 7.11 Å². The van der Waals surface area contributed by atoms with Crippen LogP contribution in [0.3, 0.4) is 0 Å². The van der Waals surface area contributed by atoms with Gasteiger partial charge in [0, 0.05) is 0 Å². The summed E-state index contributed by atoms with van der Waals surface area (Å²) in [5.41, 5.74) is 9.59. The maximum atomic E-state index is 11.8. The van der Waals surface area contributed by atoms with Gasteiger partial charge in [-0.15, -0.1) is 0 Å². The molecule has 1 aromatic carbocycles. The van der Waals surface area contributed by atoms with Gasteiger partial charge in [0.2, 0.25) is 5.11 Å². The van der Waals surface area contributed by atoms with E-state index in [4.69, 9.17) is 17.0 Å². The Hall–Kier alpha value is -1.86. The minimum atomic E-state index is -0.263. The van der Waals surface area contributed by atoms with Gasteiger partial charge in [-0.1, -0.05) is 12.1 Å². The first-order chi connectivity index (χ1) is 9.19. The van der Waals surface area contributed by atoms with Crippen LogP contribution in [0.15, 0.2) is 24.3 Å². The van der Waals surface area contributed by atoms with Crippen LogP contribution in [0.1, 0.15) is 18.0 Å². The fourth-order valence-electron chi connectivity index (χ4n) is 2.37. The second-order valence-electron chi connectivity index (χ2n) is 4.50. The number of amides is 1. The SMILES string of the molecule is COc1ccc(C2CC3C(=O)NNC(=S)N3N2)cc1. The zero-order valence-corrected chi connectivity index (χ0v) is 11.2. The fourth-order valence-corrected chi connectivity index (χ4v) is 2.60. The number of hydrazine groups is 2. The summed E-state index contributed by atoms with van der Waals surface area (Å²) in [7, 11) is 1.64. The number of rotatable bonds is 2. The van der Waals surface area contributed by atoms with Crippen LogP contribution in [0.2, 0.25) is 0 Å². The number of nitrogens with zero attached hydrogens (tertiary/aromatic N) is 1. The molecule has 7 heteroatoms. The fraction of sp³-hybridized carbons (Fsp3) is 0.333. The van der Waals surface area contributed by atoms with E-state index in [0.29, 0.717) is 11.5 Å². The molecule has 0 aliphatic carbocycles. The van der Waals surface area contributed by atoms with Crippen molar-refractivity contribution in [3.8, 4) is 5.75 Å². The number of hydrogen-bond donors (Lipinski definition) is 3. The van der Waals surface area contributed by atoms with Crippen LogP contribution >= 0.6 is 12.2 Å². The van der Waals surface area contributed by atoms with Crippen molar-refractivity contribution in [2.24, 2.45) is 0 Å². The molecule has 2 atom stereocenters. The molecule has 1 amide bonds. The topological polar surface area (TPSA) is 65.6 Å². The van der Waals surface area contributed by atoms with Crippen LogP contribution in [0.5, 0.6) is 5.75 Å². The summed E-state index contributed by atoms with van der Waals surface area (Å²) in [5, 5.41) is 2.20. The summed E-state index contributed by atoms with van der Waals surface area (Å²) < 4.78 is 5.13. The second-order valence-corrected chi connectivity index (χ2v) is 4.88. The highest BCUT2D eigenvalue weighted by Gasteiger charge is 2.41. The Kier molecular flexibility index (Phi) is 3.00. The van der Waals surface area contributed by atoms with Crippen molar-refractivity contribution in [2.45, 2.75) is 18.5 Å². The lowest BCUT2D eigenvalue weighted by Crippen LogP contribution is -2.63. The number of carbonyl (C=O) groups excluding carboxylic acids is 1. The quantitative estimate of drug-likeness (QED) is 0.673. The molecule has 0 bridgehead atoms. The summed E-state index contributed by atoms with van der Waals surface area (Å²) in [6, 6.07) is 7.60. The van der Waals surface area contributed by atoms with E-state index >= 15 is 0 Å². The average molecular weight is 278 g/mol. The molecule has 2 unspecified atom stereocenters. The Morgan fingerprint density at radius 2 is 2.05 bits per heavy atom. The number of methoxy groups -OCH3 is 1. The maximum Gasteiger partial charge on any atom is 0.262 e. The van der Waals surface area contributed by atoms with Crippen molar-refractivity contribution in [3.05, 3.63) is 29.8 Å². The molecule has 2 saturated heterocycles. The smallest absolute Gasteiger partial charge is 0.262 e. The summed E-state index contributed by atoms with van der Waals surface area (Å²) in [6.45, 7) is 0. The molecule has 0 spiro atoms. The third-order valence-electron chi connectivity index (χ3n) is 3.40. The van der Waals surface area contributed by atoms with Crippen LogP contribution in [0.4, 0.5) is 0 Å². The molecule has 0 saturated carbocycles. The van der Waals surface area contributed by atoms with E-state index in [9.17, 15) is 4.79 Å². The van der Waals surface area contributed by atoms with Crippen molar-refractivity contribution in [1.82, 2.24) is 21.3 Å². The molecule has 3 N–H and O–H groups in total. The van der Waals surface area contributed by atoms with Crippen LogP contribution in [-0.4, -0.2) is 29.2 Å². The number of hydrogen-bond acceptors (Lipinski definition) is 4. The standard InChI is InChI=1S/C12H14N4O2S/c1-18-8-4-2-7(3-5-8)9-6-10-11(17)13-14-12(19)16(10)15-9/h2-5,9-10,15H,6H2,1H3,(H,13,17)(H,14,19). The lowest BCUT2D eigenvalue weighted by molar-refractivity contribution is -0.126. The van der Waals surface area contributed by atoms with Crippen molar-refractivity contribution in [3.63, 3.8) is 0 Å². The van der Waals surface area contributed by atoms with Crippen LogP contribution in [0, 0.1) is 0 Å². The summed E-state index contributed by atoms with van der Waals surface area (Å²) >= 11 is 5.16. The molecular weight excluding hydrogens is 264 g/mol. The first kappa shape index (κ1) is 12.2. The van der Waals surface area contributed by atoms with E-state index < -0.39 is 0 Å². The predicted octanol–water partition coefficient (Wildman–Crippen LogP) is 0.234. The van der Waals surface area contributed by atoms with Gasteiger partial charge in [0.25, 0.3) is 5.91 Å². The third-order valence-corrected chi connectivity index (χ3v) is 3.70. The van der Waals surface area contributed by atoms with Gasteiger partial charge >= 0.3 is 0 Å². The first-order valence-electron chi connectivity index (χ1n) is 5.98. The lowest BCUT2D eigenvalue weighted by atomic mass is 10.0. The highest BCUT2D eigenvalue weighted by atomic mass is 32.1. The van der Waals surface area contributed by atoms with E-state index in [1.165, 1.54) is 0 Å².